The van der Waals surface area contributed by atoms with Gasteiger partial charge in [-0.3, -0.25) is 19.1 Å². The first-order valence-corrected chi connectivity index (χ1v) is 14.4. The van der Waals surface area contributed by atoms with Gasteiger partial charge in [0.15, 0.2) is 5.82 Å². The summed E-state index contributed by atoms with van der Waals surface area (Å²) in [5, 5.41) is 13.3. The smallest absolute Gasteiger partial charge is 0.300 e. The lowest BCUT2D eigenvalue weighted by molar-refractivity contribution is -0.123. The quantitative estimate of drug-likeness (QED) is 0.415. The number of hydrogen-bond acceptors (Lipinski definition) is 10. The van der Waals surface area contributed by atoms with Gasteiger partial charge in [0, 0.05) is 37.8 Å². The van der Waals surface area contributed by atoms with Crippen LogP contribution in [0, 0.1) is 17.8 Å². The Morgan fingerprint density at radius 3 is 1.28 bits per heavy atom. The molecule has 39 heavy (non-hydrogen) atoms. The predicted octanol–water partition coefficient (Wildman–Crippen LogP) is 2.75. The number of nitrogens with one attached hydrogen (secondary N) is 3. The molecule has 14 nitrogen and oxygen atoms in total. The van der Waals surface area contributed by atoms with E-state index in [0.29, 0.717) is 5.92 Å². The summed E-state index contributed by atoms with van der Waals surface area (Å²) in [6, 6.07) is 0. The van der Waals surface area contributed by atoms with Crippen molar-refractivity contribution in [2.45, 2.75) is 90.5 Å². The number of aromatic nitrogens is 4. The minimum Gasteiger partial charge on any atom is -0.300 e. The molecule has 0 radical (unpaired) electrons. The molecule has 2 amide bonds. The average Bonchev–Trinajstić information content (AvgIpc) is 3.22. The van der Waals surface area contributed by atoms with E-state index in [0.717, 1.165) is 16.4 Å². The van der Waals surface area contributed by atoms with Gasteiger partial charge in [-0.2, -0.15) is 17.9 Å². The van der Waals surface area contributed by atoms with E-state index in [1.807, 2.05) is 37.1 Å². The summed E-state index contributed by atoms with van der Waals surface area (Å²) in [6.07, 6.45) is 0.952. The zero-order valence-electron chi connectivity index (χ0n) is 23.3. The first-order valence-electron chi connectivity index (χ1n) is 11.0. The molecule has 16 heteroatoms. The number of ketones is 1. The Labute approximate surface area is 237 Å². The minimum absolute atomic E-state index is 0. The van der Waals surface area contributed by atoms with E-state index in [2.05, 4.69) is 20.6 Å². The lowest BCUT2D eigenvalue weighted by Crippen LogP contribution is -2.41. The first-order chi connectivity index (χ1) is 16.0. The first kappa shape index (κ1) is 49.5. The van der Waals surface area contributed by atoms with Crippen molar-refractivity contribution in [3.8, 4) is 0 Å². The Kier molecular flexibility index (Phi) is 29.7. The Hall–Kier alpha value is -2.46. The molecule has 0 fully saturated rings. The lowest BCUT2D eigenvalue weighted by atomic mass is 10.1. The van der Waals surface area contributed by atoms with Gasteiger partial charge in [0.05, 0.1) is 6.26 Å². The highest BCUT2D eigenvalue weighted by atomic mass is 32.2. The molecule has 3 N–H and O–H groups in total. The number of H-pyrrole nitrogens is 1. The molecule has 0 aromatic carbocycles. The van der Waals surface area contributed by atoms with E-state index in [-0.39, 0.29) is 45.8 Å². The largest absolute Gasteiger partial charge is 0.303 e. The molecular formula is C23H55N7O7S2. The van der Waals surface area contributed by atoms with Gasteiger partial charge in [-0.05, 0) is 6.92 Å². The number of carbonyl (C=O) groups is 3. The molecule has 0 saturated carbocycles. The fraction of sp³-hybridized carbons (Fsp3) is 0.826. The van der Waals surface area contributed by atoms with E-state index in [4.69, 9.17) is 0 Å². The fourth-order valence-corrected chi connectivity index (χ4v) is 2.32. The molecule has 0 aliphatic heterocycles. The summed E-state index contributed by atoms with van der Waals surface area (Å²) in [4.78, 5) is 31.8. The molecule has 1 rings (SSSR count). The highest BCUT2D eigenvalue weighted by molar-refractivity contribution is 7.89. The second-order valence-corrected chi connectivity index (χ2v) is 12.6. The molecule has 1 heterocycles. The van der Waals surface area contributed by atoms with Crippen LogP contribution >= 0.6 is 0 Å². The number of amides is 2. The standard InChI is InChI=1S/C6H14N2O3S.C5H11NO3S.C5H10O.C4H8N4.3CH4/c1-5(2)6(9)7-12(10,11)8(3)4;1-4(2)5(7)6-10(3,8)9;1-4(2)5(3)6;1-3(2)4-5-7-8-6-4;;;/h5H,1-4H3,(H,7,9);4H,1-3H3,(H,6,7);4H,1-3H3;3H,1-2H3,(H,5,6,7,8);3*1H4. The molecular weight excluding hydrogens is 550 g/mol. The SMILES string of the molecule is C.C.C.CC(=O)C(C)C.CC(C)C(=O)NS(=O)(=O)N(C)C.CC(C)C(=O)NS(C)(=O)=O.CC(C)c1nn[nH]n1. The van der Waals surface area contributed by atoms with Crippen molar-refractivity contribution in [1.82, 2.24) is 34.4 Å². The monoisotopic (exact) mass is 605 g/mol. The van der Waals surface area contributed by atoms with Crippen molar-refractivity contribution >= 4 is 37.8 Å². The minimum atomic E-state index is -3.61. The van der Waals surface area contributed by atoms with Crippen molar-refractivity contribution in [2.75, 3.05) is 20.4 Å². The molecule has 0 aliphatic carbocycles. The van der Waals surface area contributed by atoms with Crippen LogP contribution < -0.4 is 9.44 Å². The molecule has 236 valence electrons. The molecule has 0 atom stereocenters. The van der Waals surface area contributed by atoms with Crippen LogP contribution in [0.25, 0.3) is 0 Å². The third-order valence-corrected chi connectivity index (χ3v) is 5.73. The second kappa shape index (κ2) is 23.4. The second-order valence-electron chi connectivity index (χ2n) is 8.99. The van der Waals surface area contributed by atoms with E-state index in [1.54, 1.807) is 34.6 Å². The zero-order valence-corrected chi connectivity index (χ0v) is 24.9. The van der Waals surface area contributed by atoms with Gasteiger partial charge < -0.3 is 0 Å². The van der Waals surface area contributed by atoms with Crippen LogP contribution in [0.15, 0.2) is 0 Å². The van der Waals surface area contributed by atoms with E-state index >= 15 is 0 Å². The third kappa shape index (κ3) is 29.9. The van der Waals surface area contributed by atoms with Crippen LogP contribution in [0.1, 0.15) is 96.3 Å². The van der Waals surface area contributed by atoms with Crippen LogP contribution in [-0.4, -0.2) is 79.7 Å². The van der Waals surface area contributed by atoms with Gasteiger partial charge >= 0.3 is 10.2 Å². The Bertz CT molecular complexity index is 990. The maximum absolute atomic E-state index is 11.0. The van der Waals surface area contributed by atoms with Crippen LogP contribution in [0.4, 0.5) is 0 Å². The summed E-state index contributed by atoms with van der Waals surface area (Å²) in [7, 11) is -4.26. The summed E-state index contributed by atoms with van der Waals surface area (Å²) in [5.74, 6) is 0.0133. The summed E-state index contributed by atoms with van der Waals surface area (Å²) >= 11 is 0. The van der Waals surface area contributed by atoms with Crippen LogP contribution in [0.5, 0.6) is 0 Å². The highest BCUT2D eigenvalue weighted by Crippen LogP contribution is 2.03. The number of rotatable bonds is 7. The molecule has 0 aliphatic rings. The lowest BCUT2D eigenvalue weighted by Gasteiger charge is -2.13. The number of tetrazole rings is 1. The van der Waals surface area contributed by atoms with Crippen LogP contribution in [0.3, 0.4) is 0 Å². The normalized spacial score (nSPS) is 10.3. The topological polar surface area (TPSA) is 201 Å². The zero-order chi connectivity index (χ0) is 29.4. The molecule has 0 unspecified atom stereocenters. The van der Waals surface area contributed by atoms with E-state index in [1.165, 1.54) is 14.1 Å². The van der Waals surface area contributed by atoms with Crippen LogP contribution in [0.2, 0.25) is 0 Å². The Morgan fingerprint density at radius 1 is 0.769 bits per heavy atom. The van der Waals surface area contributed by atoms with Gasteiger partial charge in [-0.25, -0.2) is 13.1 Å². The Balaban J connectivity index is -0.0000000930. The van der Waals surface area contributed by atoms with Gasteiger partial charge in [0.1, 0.15) is 5.78 Å². The van der Waals surface area contributed by atoms with E-state index in [9.17, 15) is 31.2 Å². The van der Waals surface area contributed by atoms with Gasteiger partial charge in [-0.1, -0.05) is 82.9 Å². The van der Waals surface area contributed by atoms with Crippen molar-refractivity contribution in [2.24, 2.45) is 17.8 Å². The van der Waals surface area contributed by atoms with Crippen molar-refractivity contribution < 1.29 is 31.2 Å². The van der Waals surface area contributed by atoms with Crippen LogP contribution in [-0.2, 0) is 34.6 Å². The number of nitrogens with zero attached hydrogens (tertiary/aromatic N) is 4. The molecule has 1 aromatic rings. The van der Waals surface area contributed by atoms with Gasteiger partial charge in [0.2, 0.25) is 21.8 Å². The summed E-state index contributed by atoms with van der Waals surface area (Å²) < 4.78 is 47.6. The van der Waals surface area contributed by atoms with Gasteiger partial charge in [0.25, 0.3) is 0 Å². The van der Waals surface area contributed by atoms with E-state index < -0.39 is 32.0 Å². The molecule has 0 saturated heterocycles. The summed E-state index contributed by atoms with van der Waals surface area (Å²) in [5.41, 5.74) is 0. The Morgan fingerprint density at radius 2 is 1.13 bits per heavy atom. The highest BCUT2D eigenvalue weighted by Gasteiger charge is 2.18. The number of sulfonamides is 1. The maximum Gasteiger partial charge on any atom is 0.303 e. The van der Waals surface area contributed by atoms with Gasteiger partial charge in [-0.15, -0.1) is 10.2 Å². The molecule has 0 spiro atoms. The number of aromatic amines is 1. The number of Topliss-reactive ketones (excluding diaryl/α,β-unsaturated/α-hetero) is 1. The number of carbonyl (C=O) groups excluding carboxylic acids is 3. The summed E-state index contributed by atoms with van der Waals surface area (Å²) in [6.45, 7) is 15.9. The number of hydrogen-bond donors (Lipinski definition) is 3. The predicted molar refractivity (Wildman–Crippen MR) is 157 cm³/mol. The third-order valence-electron chi connectivity index (χ3n) is 3.74. The van der Waals surface area contributed by atoms with Crippen molar-refractivity contribution in [3.05, 3.63) is 5.82 Å². The molecule has 1 aromatic heterocycles. The average molecular weight is 606 g/mol. The fourth-order valence-electron chi connectivity index (χ4n) is 1.05. The van der Waals surface area contributed by atoms with Crippen molar-refractivity contribution in [3.63, 3.8) is 0 Å². The van der Waals surface area contributed by atoms with Crippen molar-refractivity contribution in [1.29, 1.82) is 0 Å². The molecule has 0 bridgehead atoms. The maximum atomic E-state index is 11.0.